The Kier molecular flexibility index (Phi) is 3.85. The van der Waals surface area contributed by atoms with E-state index in [1.165, 1.54) is 30.4 Å². The van der Waals surface area contributed by atoms with Crippen LogP contribution in [-0.2, 0) is 0 Å². The third-order valence-electron chi connectivity index (χ3n) is 5.36. The fraction of sp³-hybridized carbons (Fsp3) is 0.227. The molecule has 5 heteroatoms. The molecule has 27 heavy (non-hydrogen) atoms. The van der Waals surface area contributed by atoms with Crippen LogP contribution in [0.15, 0.2) is 60.9 Å². The Morgan fingerprint density at radius 1 is 1.04 bits per heavy atom. The number of nitrogens with zero attached hydrogens (tertiary/aromatic N) is 5. The Balaban J connectivity index is 1.72. The molecule has 0 radical (unpaired) electrons. The Hall–Kier alpha value is -3.21. The maximum Gasteiger partial charge on any atom is 0.257 e. The van der Waals surface area contributed by atoms with E-state index in [1.54, 1.807) is 6.33 Å². The van der Waals surface area contributed by atoms with Crippen LogP contribution in [0.5, 0.6) is 0 Å². The van der Waals surface area contributed by atoms with Crippen LogP contribution in [0, 0.1) is 0 Å². The minimum absolute atomic E-state index is 0.620. The van der Waals surface area contributed by atoms with Crippen molar-refractivity contribution >= 4 is 33.8 Å². The number of allylic oxidation sites excluding steroid dienone is 2. The Morgan fingerprint density at radius 3 is 2.74 bits per heavy atom. The van der Waals surface area contributed by atoms with Gasteiger partial charge in [0.2, 0.25) is 0 Å². The average molecular weight is 355 g/mol. The average Bonchev–Trinajstić information content (AvgIpc) is 3.22. The predicted molar refractivity (Wildman–Crippen MR) is 109 cm³/mol. The molecule has 1 aliphatic rings. The number of aromatic nitrogens is 4. The molecule has 5 rings (SSSR count). The van der Waals surface area contributed by atoms with Crippen molar-refractivity contribution in [1.82, 2.24) is 19.6 Å². The molecule has 0 fully saturated rings. The lowest BCUT2D eigenvalue weighted by Crippen LogP contribution is -2.13. The van der Waals surface area contributed by atoms with Gasteiger partial charge in [0.05, 0.1) is 5.52 Å². The van der Waals surface area contributed by atoms with E-state index in [1.807, 2.05) is 29.6 Å². The van der Waals surface area contributed by atoms with E-state index >= 15 is 0 Å². The molecule has 0 saturated heterocycles. The van der Waals surface area contributed by atoms with Crippen molar-refractivity contribution in [2.24, 2.45) is 0 Å². The summed E-state index contributed by atoms with van der Waals surface area (Å²) in [7, 11) is 2.04. The third kappa shape index (κ3) is 2.76. The number of hydrogen-bond acceptors (Lipinski definition) is 4. The van der Waals surface area contributed by atoms with Crippen molar-refractivity contribution in [3.8, 4) is 0 Å². The molecule has 2 aromatic heterocycles. The summed E-state index contributed by atoms with van der Waals surface area (Å²) in [4.78, 5) is 6.89. The van der Waals surface area contributed by atoms with Gasteiger partial charge in [0, 0.05) is 18.1 Å². The highest BCUT2D eigenvalue weighted by Crippen LogP contribution is 2.33. The van der Waals surface area contributed by atoms with E-state index in [0.717, 1.165) is 28.8 Å². The predicted octanol–water partition coefficient (Wildman–Crippen LogP) is 5.00. The molecule has 2 heterocycles. The SMILES string of the molecule is CN(c1ccccc1)c1nc2nncn2c2cc(C3=CCCCC3)ccc12. The van der Waals surface area contributed by atoms with Crippen molar-refractivity contribution in [3.63, 3.8) is 0 Å². The van der Waals surface area contributed by atoms with E-state index in [-0.39, 0.29) is 0 Å². The van der Waals surface area contributed by atoms with Crippen LogP contribution in [-0.4, -0.2) is 26.6 Å². The Labute approximate surface area is 158 Å². The number of anilines is 2. The van der Waals surface area contributed by atoms with Crippen LogP contribution in [0.2, 0.25) is 0 Å². The molecule has 134 valence electrons. The summed E-state index contributed by atoms with van der Waals surface area (Å²) in [5.41, 5.74) is 4.91. The second-order valence-electron chi connectivity index (χ2n) is 7.04. The zero-order valence-electron chi connectivity index (χ0n) is 15.3. The largest absolute Gasteiger partial charge is 0.329 e. The quantitative estimate of drug-likeness (QED) is 0.519. The summed E-state index contributed by atoms with van der Waals surface area (Å²) in [6.45, 7) is 0. The highest BCUT2D eigenvalue weighted by molar-refractivity contribution is 5.95. The molecular formula is C22H21N5. The van der Waals surface area contributed by atoms with Gasteiger partial charge in [-0.25, -0.2) is 0 Å². The van der Waals surface area contributed by atoms with Crippen molar-refractivity contribution in [2.75, 3.05) is 11.9 Å². The van der Waals surface area contributed by atoms with E-state index in [0.29, 0.717) is 5.78 Å². The van der Waals surface area contributed by atoms with Gasteiger partial charge in [-0.3, -0.25) is 4.40 Å². The van der Waals surface area contributed by atoms with Crippen molar-refractivity contribution in [2.45, 2.75) is 25.7 Å². The molecule has 5 nitrogen and oxygen atoms in total. The highest BCUT2D eigenvalue weighted by atomic mass is 15.3. The molecule has 1 aliphatic carbocycles. The van der Waals surface area contributed by atoms with Crippen LogP contribution >= 0.6 is 0 Å². The van der Waals surface area contributed by atoms with Crippen LogP contribution in [0.25, 0.3) is 22.3 Å². The third-order valence-corrected chi connectivity index (χ3v) is 5.36. The Morgan fingerprint density at radius 2 is 1.93 bits per heavy atom. The first kappa shape index (κ1) is 16.0. The van der Waals surface area contributed by atoms with Gasteiger partial charge in [0.1, 0.15) is 12.1 Å². The van der Waals surface area contributed by atoms with Gasteiger partial charge in [0.15, 0.2) is 0 Å². The summed E-state index contributed by atoms with van der Waals surface area (Å²) in [5.74, 6) is 1.51. The molecule has 0 amide bonds. The first-order chi connectivity index (χ1) is 13.3. The lowest BCUT2D eigenvalue weighted by Gasteiger charge is -2.21. The number of para-hydroxylation sites is 1. The van der Waals surface area contributed by atoms with Crippen LogP contribution in [0.3, 0.4) is 0 Å². The summed E-state index contributed by atoms with van der Waals surface area (Å²) >= 11 is 0. The molecule has 0 saturated carbocycles. The van der Waals surface area contributed by atoms with Gasteiger partial charge in [0.25, 0.3) is 5.78 Å². The van der Waals surface area contributed by atoms with E-state index < -0.39 is 0 Å². The highest BCUT2D eigenvalue weighted by Gasteiger charge is 2.16. The summed E-state index contributed by atoms with van der Waals surface area (Å²) in [5, 5.41) is 9.38. The number of benzene rings is 2. The molecule has 0 aliphatic heterocycles. The van der Waals surface area contributed by atoms with E-state index in [9.17, 15) is 0 Å². The lowest BCUT2D eigenvalue weighted by molar-refractivity contribution is 0.742. The topological polar surface area (TPSA) is 46.3 Å². The zero-order chi connectivity index (χ0) is 18.2. The van der Waals surface area contributed by atoms with Gasteiger partial charge in [-0.05, 0) is 61.1 Å². The first-order valence-electron chi connectivity index (χ1n) is 9.43. The molecule has 4 aromatic rings. The summed E-state index contributed by atoms with van der Waals surface area (Å²) in [6.07, 6.45) is 9.02. The number of hydrogen-bond donors (Lipinski definition) is 0. The minimum atomic E-state index is 0.620. The van der Waals surface area contributed by atoms with E-state index in [4.69, 9.17) is 4.98 Å². The van der Waals surface area contributed by atoms with Gasteiger partial charge in [-0.15, -0.1) is 10.2 Å². The van der Waals surface area contributed by atoms with E-state index in [2.05, 4.69) is 51.5 Å². The molecule has 0 atom stereocenters. The number of rotatable bonds is 3. The van der Waals surface area contributed by atoms with Crippen LogP contribution < -0.4 is 4.90 Å². The molecule has 2 aromatic carbocycles. The minimum Gasteiger partial charge on any atom is -0.329 e. The fourth-order valence-corrected chi connectivity index (χ4v) is 3.88. The second-order valence-corrected chi connectivity index (χ2v) is 7.04. The van der Waals surface area contributed by atoms with Crippen molar-refractivity contribution in [1.29, 1.82) is 0 Å². The Bertz CT molecular complexity index is 1140. The molecule has 0 unspecified atom stereocenters. The van der Waals surface area contributed by atoms with Crippen molar-refractivity contribution in [3.05, 3.63) is 66.5 Å². The first-order valence-corrected chi connectivity index (χ1v) is 9.43. The van der Waals surface area contributed by atoms with Gasteiger partial charge in [-0.2, -0.15) is 4.98 Å². The molecule has 0 bridgehead atoms. The smallest absolute Gasteiger partial charge is 0.257 e. The zero-order valence-corrected chi connectivity index (χ0v) is 15.3. The lowest BCUT2D eigenvalue weighted by atomic mass is 9.93. The maximum absolute atomic E-state index is 4.78. The molecule has 0 spiro atoms. The summed E-state index contributed by atoms with van der Waals surface area (Å²) < 4.78 is 1.98. The standard InChI is InChI=1S/C22H21N5/c1-26(18-10-6-3-7-11-18)21-19-13-12-17(16-8-4-2-5-9-16)14-20(19)27-15-23-25-22(27)24-21/h3,6-8,10-15H,2,4-5,9H2,1H3. The van der Waals surface area contributed by atoms with Gasteiger partial charge >= 0.3 is 0 Å². The molecule has 0 N–H and O–H groups in total. The van der Waals surface area contributed by atoms with Crippen LogP contribution in [0.1, 0.15) is 31.2 Å². The monoisotopic (exact) mass is 355 g/mol. The normalized spacial score (nSPS) is 14.5. The summed E-state index contributed by atoms with van der Waals surface area (Å²) in [6, 6.07) is 16.9. The van der Waals surface area contributed by atoms with Crippen molar-refractivity contribution < 1.29 is 0 Å². The number of fused-ring (bicyclic) bond motifs is 3. The van der Waals surface area contributed by atoms with Gasteiger partial charge < -0.3 is 4.90 Å². The fourth-order valence-electron chi connectivity index (χ4n) is 3.88. The maximum atomic E-state index is 4.78. The van der Waals surface area contributed by atoms with Crippen LogP contribution in [0.4, 0.5) is 11.5 Å². The van der Waals surface area contributed by atoms with Gasteiger partial charge in [-0.1, -0.05) is 30.3 Å². The molecular weight excluding hydrogens is 334 g/mol. The second kappa shape index (κ2) is 6.50.